The Bertz CT molecular complexity index is 583. The van der Waals surface area contributed by atoms with Gasteiger partial charge in [-0.2, -0.15) is 0 Å². The molecule has 1 rings (SSSR count). The Morgan fingerprint density at radius 2 is 2.05 bits per heavy atom. The van der Waals surface area contributed by atoms with E-state index >= 15 is 0 Å². The third kappa shape index (κ3) is 4.13. The molecule has 0 saturated heterocycles. The highest BCUT2D eigenvalue weighted by Gasteiger charge is 2.28. The van der Waals surface area contributed by atoms with Crippen LogP contribution >= 0.6 is 0 Å². The van der Waals surface area contributed by atoms with E-state index in [9.17, 15) is 13.2 Å². The molecule has 1 atom stereocenters. The van der Waals surface area contributed by atoms with Gasteiger partial charge in [0, 0.05) is 17.7 Å². The Balaban J connectivity index is 3.11. The summed E-state index contributed by atoms with van der Waals surface area (Å²) in [6, 6.07) is 5.93. The SMILES string of the molecule is CCC(C)(CCO)NS(=O)(=O)c1cccc(C(C)=O)c1. The molecular formula is C14H21NO4S. The second kappa shape index (κ2) is 6.47. The van der Waals surface area contributed by atoms with Crippen molar-refractivity contribution in [2.45, 2.75) is 44.0 Å². The summed E-state index contributed by atoms with van der Waals surface area (Å²) in [5, 5.41) is 9.04. The molecule has 0 spiro atoms. The van der Waals surface area contributed by atoms with Crippen LogP contribution in [0.4, 0.5) is 0 Å². The lowest BCUT2D eigenvalue weighted by molar-refractivity contribution is 0.101. The number of aliphatic hydroxyl groups is 1. The molecule has 5 nitrogen and oxygen atoms in total. The van der Waals surface area contributed by atoms with Crippen molar-refractivity contribution in [3.05, 3.63) is 29.8 Å². The van der Waals surface area contributed by atoms with Gasteiger partial charge in [0.1, 0.15) is 0 Å². The quantitative estimate of drug-likeness (QED) is 0.751. The summed E-state index contributed by atoms with van der Waals surface area (Å²) in [4.78, 5) is 11.4. The Labute approximate surface area is 120 Å². The topological polar surface area (TPSA) is 83.5 Å². The van der Waals surface area contributed by atoms with Crippen molar-refractivity contribution in [1.29, 1.82) is 0 Å². The van der Waals surface area contributed by atoms with Crippen LogP contribution in [0.5, 0.6) is 0 Å². The van der Waals surface area contributed by atoms with E-state index in [0.29, 0.717) is 18.4 Å². The summed E-state index contributed by atoms with van der Waals surface area (Å²) in [6.45, 7) is 4.89. The number of Topliss-reactive ketones (excluding diaryl/α,β-unsaturated/α-hetero) is 1. The number of benzene rings is 1. The molecule has 0 aromatic heterocycles. The Morgan fingerprint density at radius 3 is 2.55 bits per heavy atom. The summed E-state index contributed by atoms with van der Waals surface area (Å²) in [6.07, 6.45) is 0.883. The van der Waals surface area contributed by atoms with Crippen LogP contribution in [0.3, 0.4) is 0 Å². The van der Waals surface area contributed by atoms with Crippen molar-refractivity contribution in [2.24, 2.45) is 0 Å². The maximum Gasteiger partial charge on any atom is 0.241 e. The molecule has 0 aliphatic rings. The molecule has 0 radical (unpaired) electrons. The molecule has 0 aliphatic carbocycles. The van der Waals surface area contributed by atoms with E-state index in [-0.39, 0.29) is 17.3 Å². The summed E-state index contributed by atoms with van der Waals surface area (Å²) in [5.41, 5.74) is -0.354. The third-order valence-corrected chi connectivity index (χ3v) is 5.01. The molecule has 0 heterocycles. The Kier molecular flexibility index (Phi) is 5.44. The second-order valence-electron chi connectivity index (χ2n) is 5.08. The summed E-state index contributed by atoms with van der Waals surface area (Å²) >= 11 is 0. The maximum absolute atomic E-state index is 12.4. The Hall–Kier alpha value is -1.24. The minimum absolute atomic E-state index is 0.0582. The second-order valence-corrected chi connectivity index (χ2v) is 6.76. The number of ketones is 1. The molecule has 1 aromatic carbocycles. The van der Waals surface area contributed by atoms with Crippen molar-refractivity contribution < 1.29 is 18.3 Å². The van der Waals surface area contributed by atoms with Crippen LogP contribution in [0.15, 0.2) is 29.2 Å². The summed E-state index contributed by atoms with van der Waals surface area (Å²) in [5.74, 6) is -0.185. The number of hydrogen-bond acceptors (Lipinski definition) is 4. The van der Waals surface area contributed by atoms with Gasteiger partial charge in [-0.25, -0.2) is 13.1 Å². The van der Waals surface area contributed by atoms with E-state index in [4.69, 9.17) is 5.11 Å². The molecule has 6 heteroatoms. The molecule has 0 bridgehead atoms. The van der Waals surface area contributed by atoms with E-state index in [2.05, 4.69) is 4.72 Å². The third-order valence-electron chi connectivity index (χ3n) is 3.38. The molecule has 1 aromatic rings. The molecule has 0 fully saturated rings. The van der Waals surface area contributed by atoms with Gasteiger partial charge >= 0.3 is 0 Å². The molecule has 112 valence electrons. The normalized spacial score (nSPS) is 14.8. The smallest absolute Gasteiger partial charge is 0.241 e. The van der Waals surface area contributed by atoms with E-state index in [1.807, 2.05) is 6.92 Å². The number of sulfonamides is 1. The van der Waals surface area contributed by atoms with Gasteiger partial charge in [-0.1, -0.05) is 19.1 Å². The van der Waals surface area contributed by atoms with Crippen LogP contribution in [0.2, 0.25) is 0 Å². The molecule has 0 amide bonds. The van der Waals surface area contributed by atoms with Gasteiger partial charge < -0.3 is 5.11 Å². The first-order valence-corrected chi connectivity index (χ1v) is 7.98. The molecule has 0 aliphatic heterocycles. The van der Waals surface area contributed by atoms with Crippen LogP contribution < -0.4 is 4.72 Å². The van der Waals surface area contributed by atoms with E-state index < -0.39 is 15.6 Å². The monoisotopic (exact) mass is 299 g/mol. The first-order chi connectivity index (χ1) is 9.24. The van der Waals surface area contributed by atoms with Gasteiger partial charge in [-0.3, -0.25) is 4.79 Å². The summed E-state index contributed by atoms with van der Waals surface area (Å²) < 4.78 is 27.3. The van der Waals surface area contributed by atoms with Crippen molar-refractivity contribution in [1.82, 2.24) is 4.72 Å². The number of hydrogen-bond donors (Lipinski definition) is 2. The summed E-state index contributed by atoms with van der Waals surface area (Å²) in [7, 11) is -3.72. The fourth-order valence-electron chi connectivity index (χ4n) is 1.81. The van der Waals surface area contributed by atoms with Gasteiger partial charge in [-0.05, 0) is 38.8 Å². The fraction of sp³-hybridized carbons (Fsp3) is 0.500. The van der Waals surface area contributed by atoms with Gasteiger partial charge in [0.25, 0.3) is 0 Å². The van der Waals surface area contributed by atoms with Crippen LogP contribution in [-0.4, -0.2) is 31.5 Å². The highest BCUT2D eigenvalue weighted by atomic mass is 32.2. The van der Waals surface area contributed by atoms with Crippen LogP contribution in [-0.2, 0) is 10.0 Å². The van der Waals surface area contributed by atoms with Crippen molar-refractivity contribution in [2.75, 3.05) is 6.61 Å². The van der Waals surface area contributed by atoms with Crippen molar-refractivity contribution >= 4 is 15.8 Å². The molecular weight excluding hydrogens is 278 g/mol. The number of nitrogens with one attached hydrogen (secondary N) is 1. The van der Waals surface area contributed by atoms with Crippen LogP contribution in [0.1, 0.15) is 44.0 Å². The first kappa shape index (κ1) is 16.8. The highest BCUT2D eigenvalue weighted by molar-refractivity contribution is 7.89. The van der Waals surface area contributed by atoms with Gasteiger partial charge in [0.05, 0.1) is 4.90 Å². The van der Waals surface area contributed by atoms with E-state index in [1.165, 1.54) is 19.1 Å². The molecule has 0 saturated carbocycles. The lowest BCUT2D eigenvalue weighted by atomic mass is 9.97. The minimum atomic E-state index is -3.72. The van der Waals surface area contributed by atoms with Gasteiger partial charge in [-0.15, -0.1) is 0 Å². The zero-order valence-corrected chi connectivity index (χ0v) is 12.8. The lowest BCUT2D eigenvalue weighted by Crippen LogP contribution is -2.46. The zero-order valence-electron chi connectivity index (χ0n) is 12.0. The predicted octanol–water partition coefficient (Wildman–Crippen LogP) is 1.72. The fourth-order valence-corrected chi connectivity index (χ4v) is 3.37. The van der Waals surface area contributed by atoms with Gasteiger partial charge in [0.15, 0.2) is 5.78 Å². The predicted molar refractivity (Wildman–Crippen MR) is 77.2 cm³/mol. The largest absolute Gasteiger partial charge is 0.396 e. The minimum Gasteiger partial charge on any atom is -0.396 e. The lowest BCUT2D eigenvalue weighted by Gasteiger charge is -2.28. The number of carbonyl (C=O) groups excluding carboxylic acids is 1. The number of rotatable bonds is 7. The molecule has 20 heavy (non-hydrogen) atoms. The molecule has 2 N–H and O–H groups in total. The van der Waals surface area contributed by atoms with Crippen LogP contribution in [0, 0.1) is 0 Å². The standard InChI is InChI=1S/C14H21NO4S/c1-4-14(3,8-9-16)15-20(18,19)13-7-5-6-12(10-13)11(2)17/h5-7,10,15-16H,4,8-9H2,1-3H3. The van der Waals surface area contributed by atoms with Gasteiger partial charge in [0.2, 0.25) is 10.0 Å². The number of aliphatic hydroxyl groups excluding tert-OH is 1. The average molecular weight is 299 g/mol. The Morgan fingerprint density at radius 1 is 1.40 bits per heavy atom. The molecule has 1 unspecified atom stereocenters. The van der Waals surface area contributed by atoms with Crippen molar-refractivity contribution in [3.8, 4) is 0 Å². The highest BCUT2D eigenvalue weighted by Crippen LogP contribution is 2.19. The maximum atomic E-state index is 12.4. The number of carbonyl (C=O) groups is 1. The zero-order chi connectivity index (χ0) is 15.4. The van der Waals surface area contributed by atoms with E-state index in [1.54, 1.807) is 19.1 Å². The van der Waals surface area contributed by atoms with E-state index in [0.717, 1.165) is 0 Å². The average Bonchev–Trinajstić information content (AvgIpc) is 2.38. The van der Waals surface area contributed by atoms with Crippen molar-refractivity contribution in [3.63, 3.8) is 0 Å². The van der Waals surface area contributed by atoms with Crippen LogP contribution in [0.25, 0.3) is 0 Å². The first-order valence-electron chi connectivity index (χ1n) is 6.50.